The summed E-state index contributed by atoms with van der Waals surface area (Å²) in [5.41, 5.74) is 5.22. The highest BCUT2D eigenvalue weighted by molar-refractivity contribution is 5.82. The van der Waals surface area contributed by atoms with Crippen molar-refractivity contribution in [3.8, 4) is 11.1 Å². The maximum Gasteiger partial charge on any atom is 0.133 e. The molecule has 1 fully saturated rings. The Labute approximate surface area is 133 Å². The first kappa shape index (κ1) is 15.0. The normalized spacial score (nSPS) is 20.2. The third-order valence-corrected chi connectivity index (χ3v) is 4.58. The smallest absolute Gasteiger partial charge is 0.133 e. The van der Waals surface area contributed by atoms with Gasteiger partial charge in [0.1, 0.15) is 5.78 Å². The summed E-state index contributed by atoms with van der Waals surface area (Å²) in [5, 5.41) is 0. The monoisotopic (exact) mass is 292 g/mol. The van der Waals surface area contributed by atoms with Crippen LogP contribution in [0.5, 0.6) is 0 Å². The Morgan fingerprint density at radius 2 is 1.55 bits per heavy atom. The molecule has 3 rings (SSSR count). The molecule has 0 aromatic heterocycles. The molecule has 0 amide bonds. The van der Waals surface area contributed by atoms with Gasteiger partial charge in [0.15, 0.2) is 0 Å². The highest BCUT2D eigenvalue weighted by Crippen LogP contribution is 2.48. The van der Waals surface area contributed by atoms with Gasteiger partial charge in [0.2, 0.25) is 0 Å². The van der Waals surface area contributed by atoms with E-state index in [0.717, 1.165) is 12.8 Å². The van der Waals surface area contributed by atoms with Gasteiger partial charge in [-0.25, -0.2) is 0 Å². The van der Waals surface area contributed by atoms with Crippen molar-refractivity contribution in [3.05, 3.63) is 59.7 Å². The quantitative estimate of drug-likeness (QED) is 0.736. The third kappa shape index (κ3) is 3.30. The number of ketones is 1. The first-order valence-electron chi connectivity index (χ1n) is 8.24. The van der Waals surface area contributed by atoms with Crippen molar-refractivity contribution >= 4 is 5.78 Å². The highest BCUT2D eigenvalue weighted by atomic mass is 16.1. The molecular formula is C21H24O. The van der Waals surface area contributed by atoms with E-state index in [1.165, 1.54) is 22.3 Å². The van der Waals surface area contributed by atoms with Gasteiger partial charge < -0.3 is 0 Å². The zero-order valence-corrected chi connectivity index (χ0v) is 13.7. The molecule has 2 atom stereocenters. The summed E-state index contributed by atoms with van der Waals surface area (Å²) >= 11 is 0. The molecule has 2 aromatic carbocycles. The van der Waals surface area contributed by atoms with Crippen LogP contribution in [0.25, 0.3) is 11.1 Å². The second-order valence-electron chi connectivity index (χ2n) is 6.98. The van der Waals surface area contributed by atoms with Crippen molar-refractivity contribution in [3.63, 3.8) is 0 Å². The molecule has 114 valence electrons. The Morgan fingerprint density at radius 3 is 2.00 bits per heavy atom. The Bertz CT molecular complexity index is 649. The average molecular weight is 292 g/mol. The lowest BCUT2D eigenvalue weighted by Crippen LogP contribution is -1.94. The fourth-order valence-corrected chi connectivity index (χ4v) is 3.24. The molecule has 1 aliphatic rings. The molecular weight excluding hydrogens is 268 g/mol. The summed E-state index contributed by atoms with van der Waals surface area (Å²) in [6, 6.07) is 17.6. The molecule has 0 saturated heterocycles. The molecule has 0 unspecified atom stereocenters. The van der Waals surface area contributed by atoms with Crippen LogP contribution in [0.3, 0.4) is 0 Å². The van der Waals surface area contributed by atoms with Crippen molar-refractivity contribution < 1.29 is 4.79 Å². The molecule has 2 aromatic rings. The van der Waals surface area contributed by atoms with Crippen LogP contribution in [-0.2, 0) is 11.2 Å². The van der Waals surface area contributed by atoms with E-state index in [9.17, 15) is 4.79 Å². The molecule has 0 bridgehead atoms. The van der Waals surface area contributed by atoms with E-state index in [0.29, 0.717) is 17.6 Å². The lowest BCUT2D eigenvalue weighted by Gasteiger charge is -2.07. The van der Waals surface area contributed by atoms with E-state index in [1.54, 1.807) is 6.92 Å². The second-order valence-corrected chi connectivity index (χ2v) is 6.98. The van der Waals surface area contributed by atoms with Gasteiger partial charge in [-0.2, -0.15) is 0 Å². The number of carbonyl (C=O) groups is 1. The van der Waals surface area contributed by atoms with E-state index < -0.39 is 0 Å². The Hall–Kier alpha value is -1.89. The molecule has 1 nitrogen and oxygen atoms in total. The molecule has 0 spiro atoms. The average Bonchev–Trinajstić information content (AvgIpc) is 3.28. The van der Waals surface area contributed by atoms with E-state index in [2.05, 4.69) is 62.4 Å². The molecule has 1 heteroatoms. The van der Waals surface area contributed by atoms with Gasteiger partial charge in [-0.1, -0.05) is 62.4 Å². The predicted octanol–water partition coefficient (Wildman–Crippen LogP) is 5.24. The molecule has 1 aliphatic carbocycles. The van der Waals surface area contributed by atoms with Crippen LogP contribution in [0.15, 0.2) is 48.5 Å². The van der Waals surface area contributed by atoms with Crippen LogP contribution >= 0.6 is 0 Å². The lowest BCUT2D eigenvalue weighted by molar-refractivity contribution is -0.118. The molecule has 0 aliphatic heterocycles. The first-order chi connectivity index (χ1) is 10.5. The maximum atomic E-state index is 11.4. The van der Waals surface area contributed by atoms with E-state index >= 15 is 0 Å². The SMILES string of the molecule is CC(=O)[C@H]1C[C@@H]1c1ccc(-c2ccc(CC(C)C)cc2)cc1. The minimum atomic E-state index is 0.265. The molecule has 22 heavy (non-hydrogen) atoms. The third-order valence-electron chi connectivity index (χ3n) is 4.58. The highest BCUT2D eigenvalue weighted by Gasteiger charge is 2.41. The van der Waals surface area contributed by atoms with Gasteiger partial charge in [0.25, 0.3) is 0 Å². The van der Waals surface area contributed by atoms with E-state index in [4.69, 9.17) is 0 Å². The van der Waals surface area contributed by atoms with Crippen LogP contribution in [-0.4, -0.2) is 5.78 Å². The van der Waals surface area contributed by atoms with Gasteiger partial charge in [-0.3, -0.25) is 4.79 Å². The number of carbonyl (C=O) groups excluding carboxylic acids is 1. The van der Waals surface area contributed by atoms with Crippen LogP contribution in [0.4, 0.5) is 0 Å². The topological polar surface area (TPSA) is 17.1 Å². The van der Waals surface area contributed by atoms with Crippen LogP contribution in [0.1, 0.15) is 44.2 Å². The fourth-order valence-electron chi connectivity index (χ4n) is 3.24. The summed E-state index contributed by atoms with van der Waals surface area (Å²) in [6.45, 7) is 6.20. The first-order valence-corrected chi connectivity index (χ1v) is 8.24. The van der Waals surface area contributed by atoms with Gasteiger partial charge in [0, 0.05) is 5.92 Å². The summed E-state index contributed by atoms with van der Waals surface area (Å²) in [4.78, 5) is 11.4. The second kappa shape index (κ2) is 6.08. The van der Waals surface area contributed by atoms with Crippen LogP contribution < -0.4 is 0 Å². The standard InChI is InChI=1S/C21H24O/c1-14(2)12-16-4-6-17(7-5-16)18-8-10-19(11-9-18)21-13-20(21)15(3)22/h4-11,14,20-21H,12-13H2,1-3H3/t20-,21-/m1/s1. The summed E-state index contributed by atoms with van der Waals surface area (Å²) in [7, 11) is 0. The lowest BCUT2D eigenvalue weighted by atomic mass is 9.98. The number of benzene rings is 2. The Morgan fingerprint density at radius 1 is 1.00 bits per heavy atom. The number of hydrogen-bond acceptors (Lipinski definition) is 1. The van der Waals surface area contributed by atoms with Crippen molar-refractivity contribution in [2.75, 3.05) is 0 Å². The van der Waals surface area contributed by atoms with Gasteiger partial charge >= 0.3 is 0 Å². The minimum absolute atomic E-state index is 0.265. The molecule has 0 heterocycles. The van der Waals surface area contributed by atoms with Crippen molar-refractivity contribution in [1.82, 2.24) is 0 Å². The summed E-state index contributed by atoms with van der Waals surface area (Å²) in [5.74, 6) is 1.74. The summed E-state index contributed by atoms with van der Waals surface area (Å²) < 4.78 is 0. The molecule has 1 saturated carbocycles. The Kier molecular flexibility index (Phi) is 4.15. The molecule has 0 N–H and O–H groups in total. The maximum absolute atomic E-state index is 11.4. The van der Waals surface area contributed by atoms with Crippen LogP contribution in [0, 0.1) is 11.8 Å². The van der Waals surface area contributed by atoms with Gasteiger partial charge in [-0.15, -0.1) is 0 Å². The van der Waals surface area contributed by atoms with Gasteiger partial charge in [0.05, 0.1) is 0 Å². The van der Waals surface area contributed by atoms with Crippen molar-refractivity contribution in [2.24, 2.45) is 11.8 Å². The fraction of sp³-hybridized carbons (Fsp3) is 0.381. The molecule has 0 radical (unpaired) electrons. The van der Waals surface area contributed by atoms with Gasteiger partial charge in [-0.05, 0) is 53.9 Å². The van der Waals surface area contributed by atoms with E-state index in [1.807, 2.05) is 0 Å². The predicted molar refractivity (Wildman–Crippen MR) is 91.9 cm³/mol. The Balaban J connectivity index is 1.72. The summed E-state index contributed by atoms with van der Waals surface area (Å²) in [6.07, 6.45) is 2.16. The van der Waals surface area contributed by atoms with Crippen molar-refractivity contribution in [2.45, 2.75) is 39.5 Å². The minimum Gasteiger partial charge on any atom is -0.300 e. The number of Topliss-reactive ketones (excluding diaryl/α,β-unsaturated/α-hetero) is 1. The zero-order valence-electron chi connectivity index (χ0n) is 13.7. The van der Waals surface area contributed by atoms with Crippen LogP contribution in [0.2, 0.25) is 0 Å². The number of hydrogen-bond donors (Lipinski definition) is 0. The number of rotatable bonds is 5. The largest absolute Gasteiger partial charge is 0.300 e. The van der Waals surface area contributed by atoms with E-state index in [-0.39, 0.29) is 5.92 Å². The van der Waals surface area contributed by atoms with Crippen molar-refractivity contribution in [1.29, 1.82) is 0 Å². The zero-order chi connectivity index (χ0) is 15.7.